The molecule has 6 amide bonds. The van der Waals surface area contributed by atoms with Crippen molar-refractivity contribution >= 4 is 90.5 Å². The molecule has 0 aliphatic carbocycles. The first-order chi connectivity index (χ1) is 52.4. The largest absolute Gasteiger partial charge is 0.469 e. The number of benzene rings is 9. The highest BCUT2D eigenvalue weighted by Crippen LogP contribution is 2.58. The molecule has 2 atom stereocenters. The minimum atomic E-state index is -1.53. The van der Waals surface area contributed by atoms with Crippen LogP contribution in [0.25, 0.3) is 43.1 Å². The molecule has 2 unspecified atom stereocenters. The minimum Gasteiger partial charge on any atom is -0.469 e. The summed E-state index contributed by atoms with van der Waals surface area (Å²) in [6, 6.07) is 38.8. The van der Waals surface area contributed by atoms with Gasteiger partial charge in [-0.15, -0.1) is 0 Å². The minimum absolute atomic E-state index is 0.00218. The Bertz CT molecular complexity index is 4930. The number of esters is 2. The number of carbonyl (C=O) groups excluding carboxylic acids is 8. The molecule has 0 spiro atoms. The summed E-state index contributed by atoms with van der Waals surface area (Å²) in [5.74, 6) is -3.58. The standard InChI is InChI=1S/C87H84N4O18/c1-12-88(34-38-100-40-42-104-85(98)50(3)4)83(96)65(44-59-16-14-36-102-59)90-79(92)61-46-67(106-55-26-18-51(5)19-27-55)73-75-69(108-57-30-22-53(7)23-31-57)48-63-72-64(82(95)91(81(63)94)66(45-60-17-15-37-103-60)84(97)89(13-2)35-39-101-41-43-105-86(99)87(9,10)11)49-70(109-58-32-24-54(8)25-33-58)76(78(72)75)74-68(107-56-28-20-52(6)21-29-56)47-62(80(90)93)71(61)77(73)74/h14-33,36-37,46-49,65-66H,3,12-13,34-35,38-45H2,1-2,4-11H3. The molecule has 0 radical (unpaired) electrons. The number of carbonyl (C=O) groups is 8. The van der Waals surface area contributed by atoms with Crippen LogP contribution in [0.5, 0.6) is 46.0 Å². The van der Waals surface area contributed by atoms with Crippen molar-refractivity contribution < 1.29 is 85.1 Å². The number of furan rings is 2. The molecule has 2 aromatic heterocycles. The number of fused-ring (bicyclic) bond motifs is 2. The highest BCUT2D eigenvalue weighted by molar-refractivity contribution is 6.45. The molecule has 22 heteroatoms. The van der Waals surface area contributed by atoms with Gasteiger partial charge in [-0.05, 0) is 166 Å². The van der Waals surface area contributed by atoms with Crippen molar-refractivity contribution in [1.82, 2.24) is 19.6 Å². The summed E-state index contributed by atoms with van der Waals surface area (Å²) in [6.07, 6.45) is 2.39. The van der Waals surface area contributed by atoms with Crippen molar-refractivity contribution in [3.05, 3.63) is 226 Å². The van der Waals surface area contributed by atoms with Crippen LogP contribution in [0.4, 0.5) is 0 Å². The zero-order valence-electron chi connectivity index (χ0n) is 62.5. The lowest BCUT2D eigenvalue weighted by Crippen LogP contribution is -2.56. The average Bonchev–Trinajstić information content (AvgIpc) is 1.65. The van der Waals surface area contributed by atoms with Crippen LogP contribution < -0.4 is 18.9 Å². The molecule has 2 aliphatic heterocycles. The number of imide groups is 2. The van der Waals surface area contributed by atoms with Crippen molar-refractivity contribution in [3.8, 4) is 46.0 Å². The Hall–Kier alpha value is -12.1. The van der Waals surface area contributed by atoms with Gasteiger partial charge >= 0.3 is 11.9 Å². The smallest absolute Gasteiger partial charge is 0.333 e. The fourth-order valence-corrected chi connectivity index (χ4v) is 13.7. The van der Waals surface area contributed by atoms with Gasteiger partial charge in [-0.25, -0.2) is 4.79 Å². The molecule has 22 nitrogen and oxygen atoms in total. The summed E-state index contributed by atoms with van der Waals surface area (Å²) in [6.45, 7) is 21.9. The molecule has 0 saturated carbocycles. The van der Waals surface area contributed by atoms with Crippen molar-refractivity contribution in [1.29, 1.82) is 0 Å². The van der Waals surface area contributed by atoms with Gasteiger partial charge in [0.15, 0.2) is 0 Å². The van der Waals surface area contributed by atoms with E-state index in [9.17, 15) is 9.59 Å². The van der Waals surface area contributed by atoms with Crippen LogP contribution in [-0.4, -0.2) is 145 Å². The molecule has 9 aromatic carbocycles. The van der Waals surface area contributed by atoms with E-state index in [1.165, 1.54) is 29.2 Å². The van der Waals surface area contributed by atoms with Gasteiger partial charge in [-0.1, -0.05) is 77.4 Å². The van der Waals surface area contributed by atoms with Gasteiger partial charge in [0.05, 0.1) is 66.6 Å². The maximum atomic E-state index is 16.5. The Morgan fingerprint density at radius 2 is 0.743 bits per heavy atom. The first-order valence-electron chi connectivity index (χ1n) is 36.3. The zero-order chi connectivity index (χ0) is 77.1. The molecule has 560 valence electrons. The van der Waals surface area contributed by atoms with Gasteiger partial charge in [0.1, 0.15) is 82.8 Å². The van der Waals surface area contributed by atoms with Gasteiger partial charge in [0.25, 0.3) is 23.6 Å². The van der Waals surface area contributed by atoms with Crippen LogP contribution in [-0.2, 0) is 51.0 Å². The predicted molar refractivity (Wildman–Crippen MR) is 408 cm³/mol. The second-order valence-corrected chi connectivity index (χ2v) is 28.3. The first-order valence-corrected chi connectivity index (χ1v) is 36.3. The summed E-state index contributed by atoms with van der Waals surface area (Å²) < 4.78 is 63.1. The summed E-state index contributed by atoms with van der Waals surface area (Å²) in [5.41, 5.74) is 2.93. The lowest BCUT2D eigenvalue weighted by molar-refractivity contribution is -0.154. The van der Waals surface area contributed by atoms with Crippen LogP contribution in [0, 0.1) is 33.1 Å². The molecular formula is C87H84N4O18. The fourth-order valence-electron chi connectivity index (χ4n) is 13.7. The Labute approximate surface area is 629 Å². The average molecular weight is 1470 g/mol. The number of hydrogen-bond acceptors (Lipinski definition) is 18. The third kappa shape index (κ3) is 15.4. The molecular weight excluding hydrogens is 1390 g/mol. The van der Waals surface area contributed by atoms with Crippen LogP contribution in [0.15, 0.2) is 179 Å². The third-order valence-electron chi connectivity index (χ3n) is 19.4. The van der Waals surface area contributed by atoms with Gasteiger partial charge in [0.2, 0.25) is 11.8 Å². The summed E-state index contributed by atoms with van der Waals surface area (Å²) in [4.78, 5) is 127. The molecule has 11 aromatic rings. The molecule has 2 aliphatic rings. The van der Waals surface area contributed by atoms with E-state index in [1.54, 1.807) is 132 Å². The molecule has 0 fully saturated rings. The molecule has 0 bridgehead atoms. The second kappa shape index (κ2) is 31.7. The van der Waals surface area contributed by atoms with E-state index < -0.39 is 64.9 Å². The lowest BCUT2D eigenvalue weighted by Gasteiger charge is -2.37. The monoisotopic (exact) mass is 1470 g/mol. The fraction of sp³-hybridized carbons (Fsp3) is 0.287. The normalized spacial score (nSPS) is 13.3. The number of likely N-dealkylation sites (N-methyl/N-ethyl adjacent to an activating group) is 2. The number of hydrogen-bond donors (Lipinski definition) is 0. The Balaban J connectivity index is 1.07. The predicted octanol–water partition coefficient (Wildman–Crippen LogP) is 16.2. The number of nitrogens with zero attached hydrogens (tertiary/aromatic N) is 4. The number of ether oxygens (including phenoxy) is 8. The Kier molecular flexibility index (Phi) is 21.9. The topological polar surface area (TPSA) is 250 Å². The molecule has 109 heavy (non-hydrogen) atoms. The first kappa shape index (κ1) is 75.1. The van der Waals surface area contributed by atoms with Gasteiger partial charge in [-0.3, -0.25) is 43.4 Å². The van der Waals surface area contributed by atoms with Gasteiger partial charge in [-0.2, -0.15) is 0 Å². The van der Waals surface area contributed by atoms with E-state index in [0.29, 0.717) is 34.5 Å². The Morgan fingerprint density at radius 1 is 0.431 bits per heavy atom. The molecule has 13 rings (SSSR count). The number of amides is 6. The van der Waals surface area contributed by atoms with E-state index >= 15 is 28.8 Å². The highest BCUT2D eigenvalue weighted by atomic mass is 16.6. The summed E-state index contributed by atoms with van der Waals surface area (Å²) in [7, 11) is 0. The van der Waals surface area contributed by atoms with Crippen LogP contribution in [0.1, 0.15) is 117 Å². The zero-order valence-corrected chi connectivity index (χ0v) is 62.5. The van der Waals surface area contributed by atoms with Crippen molar-refractivity contribution in [2.45, 2.75) is 94.2 Å². The summed E-state index contributed by atoms with van der Waals surface area (Å²) >= 11 is 0. The van der Waals surface area contributed by atoms with Crippen LogP contribution >= 0.6 is 0 Å². The van der Waals surface area contributed by atoms with E-state index in [2.05, 4.69) is 6.58 Å². The van der Waals surface area contributed by atoms with Crippen molar-refractivity contribution in [2.24, 2.45) is 5.41 Å². The third-order valence-corrected chi connectivity index (χ3v) is 19.4. The maximum Gasteiger partial charge on any atom is 0.333 e. The van der Waals surface area contributed by atoms with E-state index in [-0.39, 0.29) is 173 Å². The lowest BCUT2D eigenvalue weighted by atomic mass is 9.80. The SMILES string of the molecule is C=C(C)C(=O)OCCOCCN(CC)C(=O)C(Cc1ccco1)N1C(=O)c2cc(Oc3ccc(C)cc3)c3c4c(Oc5ccc(C)cc5)cc5c6c(cc(Oc7ccc(C)cc7)c(c7c(Oc8ccc(C)cc8)cc(c2c37)C1=O)c64)C(=O)N(C(Cc1ccco1)C(=O)N(CC)CCOCCOC(=O)C(C)(C)C)C5=O. The van der Waals surface area contributed by atoms with Crippen LogP contribution in [0.3, 0.4) is 0 Å². The quantitative estimate of drug-likeness (QED) is 0.00978. The summed E-state index contributed by atoms with van der Waals surface area (Å²) in [5, 5.41) is 1.73. The number of aryl methyl sites for hydroxylation is 4. The maximum absolute atomic E-state index is 16.5. The van der Waals surface area contributed by atoms with E-state index in [4.69, 9.17) is 46.7 Å². The Morgan fingerprint density at radius 3 is 1.02 bits per heavy atom. The second-order valence-electron chi connectivity index (χ2n) is 28.3. The molecule has 0 N–H and O–H groups in total. The van der Waals surface area contributed by atoms with Crippen molar-refractivity contribution in [2.75, 3.05) is 65.8 Å². The van der Waals surface area contributed by atoms with E-state index in [0.717, 1.165) is 32.1 Å². The van der Waals surface area contributed by atoms with E-state index in [1.807, 2.05) is 76.2 Å². The molecule has 0 saturated heterocycles. The van der Waals surface area contributed by atoms with Crippen LogP contribution in [0.2, 0.25) is 0 Å². The highest BCUT2D eigenvalue weighted by Gasteiger charge is 2.48. The molecule has 4 heterocycles. The van der Waals surface area contributed by atoms with Gasteiger partial charge < -0.3 is 56.5 Å². The van der Waals surface area contributed by atoms with Crippen molar-refractivity contribution in [3.63, 3.8) is 0 Å². The number of rotatable bonds is 31. The van der Waals surface area contributed by atoms with Gasteiger partial charge in [0, 0.05) is 87.7 Å².